The van der Waals surface area contributed by atoms with E-state index in [4.69, 9.17) is 5.11 Å². The minimum Gasteiger partial charge on any atom is -0.480 e. The van der Waals surface area contributed by atoms with E-state index in [9.17, 15) is 18.0 Å². The molecule has 0 bridgehead atoms. The zero-order valence-corrected chi connectivity index (χ0v) is 11.8. The molecule has 0 radical (unpaired) electrons. The van der Waals surface area contributed by atoms with Crippen LogP contribution in [0.4, 0.5) is 13.2 Å². The highest BCUT2D eigenvalue weighted by Gasteiger charge is 2.38. The third-order valence-corrected chi connectivity index (χ3v) is 2.98. The number of nitrogens with zero attached hydrogens (tertiary/aromatic N) is 6. The van der Waals surface area contributed by atoms with Crippen LogP contribution < -0.4 is 0 Å². The van der Waals surface area contributed by atoms with Gasteiger partial charge in [0.1, 0.15) is 17.9 Å². The fourth-order valence-corrected chi connectivity index (χ4v) is 1.99. The molecule has 3 rings (SSSR count). The van der Waals surface area contributed by atoms with Crippen molar-refractivity contribution >= 4 is 5.97 Å². The molecule has 0 saturated heterocycles. The molecular formula is C12H9F3N6O3. The molecule has 3 heterocycles. The number of carboxylic acids is 1. The number of oxazole rings is 1. The fraction of sp³-hybridized carbons (Fsp3) is 0.250. The summed E-state index contributed by atoms with van der Waals surface area (Å²) in [7, 11) is 0. The number of aromatic nitrogens is 6. The summed E-state index contributed by atoms with van der Waals surface area (Å²) in [6, 6.07) is 0. The Hall–Kier alpha value is -3.18. The Morgan fingerprint density at radius 1 is 1.29 bits per heavy atom. The van der Waals surface area contributed by atoms with Crippen molar-refractivity contribution in [2.24, 2.45) is 0 Å². The van der Waals surface area contributed by atoms with Crippen LogP contribution in [0.2, 0.25) is 0 Å². The van der Waals surface area contributed by atoms with Gasteiger partial charge in [-0.15, -0.1) is 5.10 Å². The number of rotatable bonds is 5. The Labute approximate surface area is 131 Å². The first-order valence-electron chi connectivity index (χ1n) is 6.47. The molecule has 0 saturated carbocycles. The smallest absolute Gasteiger partial charge is 0.451 e. The zero-order chi connectivity index (χ0) is 17.3. The van der Waals surface area contributed by atoms with Gasteiger partial charge >= 0.3 is 12.1 Å². The number of hydrogen-bond donors (Lipinski definition) is 1. The lowest BCUT2D eigenvalue weighted by Gasteiger charge is -2.04. The van der Waals surface area contributed by atoms with Crippen LogP contribution in [0.5, 0.6) is 0 Å². The molecule has 0 aliphatic heterocycles. The van der Waals surface area contributed by atoms with Gasteiger partial charge in [-0.25, -0.2) is 9.67 Å². The third kappa shape index (κ3) is 3.26. The Balaban J connectivity index is 1.78. The molecular weight excluding hydrogens is 333 g/mol. The Bertz CT molecular complexity index is 865. The largest absolute Gasteiger partial charge is 0.480 e. The molecule has 0 atom stereocenters. The molecule has 0 amide bonds. The van der Waals surface area contributed by atoms with Crippen LogP contribution in [0.15, 0.2) is 29.4 Å². The fourth-order valence-electron chi connectivity index (χ4n) is 1.99. The molecule has 24 heavy (non-hydrogen) atoms. The summed E-state index contributed by atoms with van der Waals surface area (Å²) in [5, 5.41) is 20.1. The summed E-state index contributed by atoms with van der Waals surface area (Å²) in [6.07, 6.45) is 0.296. The second kappa shape index (κ2) is 5.79. The minimum atomic E-state index is -4.65. The van der Waals surface area contributed by atoms with Crippen LogP contribution in [0, 0.1) is 0 Å². The number of carbonyl (C=O) groups is 1. The van der Waals surface area contributed by atoms with Gasteiger partial charge < -0.3 is 9.52 Å². The quantitative estimate of drug-likeness (QED) is 0.743. The van der Waals surface area contributed by atoms with E-state index in [0.717, 1.165) is 4.68 Å². The Morgan fingerprint density at radius 2 is 2.08 bits per heavy atom. The molecule has 0 unspecified atom stereocenters. The second-order valence-corrected chi connectivity index (χ2v) is 4.75. The summed E-state index contributed by atoms with van der Waals surface area (Å²) in [5.41, 5.74) is 0.503. The highest BCUT2D eigenvalue weighted by atomic mass is 19.4. The van der Waals surface area contributed by atoms with Crippen molar-refractivity contribution in [3.05, 3.63) is 36.4 Å². The Kier molecular flexibility index (Phi) is 3.79. The van der Waals surface area contributed by atoms with Crippen LogP contribution in [-0.4, -0.2) is 40.8 Å². The first-order valence-corrected chi connectivity index (χ1v) is 6.47. The monoisotopic (exact) mass is 342 g/mol. The van der Waals surface area contributed by atoms with E-state index >= 15 is 0 Å². The van der Waals surface area contributed by atoms with Crippen molar-refractivity contribution in [2.75, 3.05) is 0 Å². The van der Waals surface area contributed by atoms with E-state index in [2.05, 4.69) is 24.8 Å². The number of halogens is 3. The summed E-state index contributed by atoms with van der Waals surface area (Å²) in [6.45, 7) is -0.594. The maximum atomic E-state index is 12.7. The summed E-state index contributed by atoms with van der Waals surface area (Å²) in [5.74, 6) is -2.24. The normalized spacial score (nSPS) is 11.8. The molecule has 3 aromatic rings. The average Bonchev–Trinajstić information content (AvgIpc) is 3.17. The molecule has 0 aliphatic rings. The maximum absolute atomic E-state index is 12.7. The van der Waals surface area contributed by atoms with Crippen molar-refractivity contribution < 1.29 is 27.5 Å². The topological polar surface area (TPSA) is 112 Å². The molecule has 126 valence electrons. The van der Waals surface area contributed by atoms with E-state index in [1.165, 1.54) is 23.3 Å². The molecule has 1 N–H and O–H groups in total. The van der Waals surface area contributed by atoms with Gasteiger partial charge in [0.2, 0.25) is 5.76 Å². The van der Waals surface area contributed by atoms with Gasteiger partial charge in [0.25, 0.3) is 0 Å². The van der Waals surface area contributed by atoms with E-state index in [0.29, 0.717) is 17.7 Å². The number of hydrogen-bond acceptors (Lipinski definition) is 6. The van der Waals surface area contributed by atoms with Crippen molar-refractivity contribution in [3.8, 4) is 11.3 Å². The van der Waals surface area contributed by atoms with Gasteiger partial charge in [-0.3, -0.25) is 9.48 Å². The third-order valence-electron chi connectivity index (χ3n) is 2.98. The van der Waals surface area contributed by atoms with Crippen molar-refractivity contribution in [1.29, 1.82) is 0 Å². The van der Waals surface area contributed by atoms with Gasteiger partial charge in [-0.05, 0) is 0 Å². The van der Waals surface area contributed by atoms with Gasteiger partial charge in [-0.1, -0.05) is 5.21 Å². The standard InChI is InChI=1S/C12H9F3N6O3/c13-12(14,15)11-9(16-6-24-11)4-21-3-8(18-19-21)7-1-17-20(2-7)5-10(22)23/h1-3,6H,4-5H2,(H,22,23). The first kappa shape index (κ1) is 15.7. The number of aliphatic carboxylic acids is 1. The predicted molar refractivity (Wildman–Crippen MR) is 69.5 cm³/mol. The van der Waals surface area contributed by atoms with Crippen LogP contribution in [0.25, 0.3) is 11.3 Å². The Morgan fingerprint density at radius 3 is 2.79 bits per heavy atom. The molecule has 12 heteroatoms. The lowest BCUT2D eigenvalue weighted by molar-refractivity contribution is -0.153. The summed E-state index contributed by atoms with van der Waals surface area (Å²) >= 11 is 0. The van der Waals surface area contributed by atoms with Crippen LogP contribution >= 0.6 is 0 Å². The number of carboxylic acid groups (broad SMARTS) is 1. The molecule has 0 aromatic carbocycles. The molecule has 0 aliphatic carbocycles. The second-order valence-electron chi connectivity index (χ2n) is 4.75. The minimum absolute atomic E-state index is 0.276. The van der Waals surface area contributed by atoms with Crippen LogP contribution in [-0.2, 0) is 24.1 Å². The highest BCUT2D eigenvalue weighted by molar-refractivity contribution is 5.66. The summed E-state index contributed by atoms with van der Waals surface area (Å²) < 4.78 is 44.9. The van der Waals surface area contributed by atoms with E-state index in [1.54, 1.807) is 0 Å². The van der Waals surface area contributed by atoms with Crippen molar-refractivity contribution in [3.63, 3.8) is 0 Å². The molecule has 0 spiro atoms. The lowest BCUT2D eigenvalue weighted by Crippen LogP contribution is -2.10. The lowest BCUT2D eigenvalue weighted by atomic mass is 10.3. The van der Waals surface area contributed by atoms with Crippen molar-refractivity contribution in [1.82, 2.24) is 29.8 Å². The molecule has 0 fully saturated rings. The molecule has 9 nitrogen and oxygen atoms in total. The van der Waals surface area contributed by atoms with E-state index in [-0.39, 0.29) is 18.8 Å². The van der Waals surface area contributed by atoms with E-state index < -0.39 is 17.9 Å². The van der Waals surface area contributed by atoms with Crippen molar-refractivity contribution in [2.45, 2.75) is 19.3 Å². The van der Waals surface area contributed by atoms with E-state index in [1.807, 2.05) is 0 Å². The first-order chi connectivity index (χ1) is 11.3. The van der Waals surface area contributed by atoms with Gasteiger partial charge in [0.15, 0.2) is 6.39 Å². The van der Waals surface area contributed by atoms with Gasteiger partial charge in [0, 0.05) is 11.8 Å². The van der Waals surface area contributed by atoms with Gasteiger partial charge in [0.05, 0.1) is 18.9 Å². The van der Waals surface area contributed by atoms with Gasteiger partial charge in [-0.2, -0.15) is 18.3 Å². The SMILES string of the molecule is O=C(O)Cn1cc(-c2cn(Cc3ncoc3C(F)(F)F)nn2)cn1. The maximum Gasteiger partial charge on any atom is 0.451 e. The zero-order valence-electron chi connectivity index (χ0n) is 11.8. The average molecular weight is 342 g/mol. The van der Waals surface area contributed by atoms with Crippen LogP contribution in [0.1, 0.15) is 11.5 Å². The predicted octanol–water partition coefficient (Wildman–Crippen LogP) is 1.28. The number of alkyl halides is 3. The summed E-state index contributed by atoms with van der Waals surface area (Å²) in [4.78, 5) is 14.1. The van der Waals surface area contributed by atoms with Crippen LogP contribution in [0.3, 0.4) is 0 Å². The highest BCUT2D eigenvalue weighted by Crippen LogP contribution is 2.31. The molecule has 3 aromatic heterocycles.